The monoisotopic (exact) mass is 384 g/mol. The number of hydrogen-bond acceptors (Lipinski definition) is 6. The zero-order valence-corrected chi connectivity index (χ0v) is 16.3. The molecule has 0 aliphatic heterocycles. The van der Waals surface area contributed by atoms with Crippen molar-refractivity contribution in [2.45, 2.75) is 24.1 Å². The number of thioether (sulfide) groups is 1. The molecule has 0 radical (unpaired) electrons. The molecule has 0 saturated carbocycles. The number of carbonyl (C=O) groups is 1. The number of nitrogens with two attached hydrogens (primary N) is 1. The topological polar surface area (TPSA) is 100.0 Å². The van der Waals surface area contributed by atoms with Gasteiger partial charge in [0.25, 0.3) is 5.56 Å². The third-order valence-electron chi connectivity index (χ3n) is 4.52. The number of pyridine rings is 1. The Hall–Kier alpha value is -2.87. The van der Waals surface area contributed by atoms with Gasteiger partial charge in [-0.25, -0.2) is 9.78 Å². The lowest BCUT2D eigenvalue weighted by Crippen LogP contribution is -2.42. The Bertz CT molecular complexity index is 1180. The van der Waals surface area contributed by atoms with Crippen molar-refractivity contribution in [3.63, 3.8) is 0 Å². The van der Waals surface area contributed by atoms with E-state index in [1.807, 2.05) is 37.3 Å². The van der Waals surface area contributed by atoms with Crippen LogP contribution in [0.15, 0.2) is 44.9 Å². The summed E-state index contributed by atoms with van der Waals surface area (Å²) in [5, 5.41) is 1.15. The number of anilines is 1. The Labute approximate surface area is 159 Å². The number of ketones is 1. The predicted octanol–water partition coefficient (Wildman–Crippen LogP) is 1.89. The second-order valence-corrected chi connectivity index (χ2v) is 7.75. The van der Waals surface area contributed by atoms with Gasteiger partial charge < -0.3 is 5.73 Å². The Morgan fingerprint density at radius 3 is 2.56 bits per heavy atom. The zero-order valence-electron chi connectivity index (χ0n) is 15.5. The van der Waals surface area contributed by atoms with E-state index in [4.69, 9.17) is 5.73 Å². The lowest BCUT2D eigenvalue weighted by molar-refractivity contribution is 0.0992. The Morgan fingerprint density at radius 2 is 1.85 bits per heavy atom. The van der Waals surface area contributed by atoms with Crippen LogP contribution < -0.4 is 17.0 Å². The summed E-state index contributed by atoms with van der Waals surface area (Å²) in [6.45, 7) is 3.68. The number of carbonyl (C=O) groups excluding carboxylic acids is 1. The largest absolute Gasteiger partial charge is 0.384 e. The summed E-state index contributed by atoms with van der Waals surface area (Å²) in [4.78, 5) is 41.8. The van der Waals surface area contributed by atoms with E-state index in [2.05, 4.69) is 4.98 Å². The van der Waals surface area contributed by atoms with E-state index in [0.717, 1.165) is 25.6 Å². The van der Waals surface area contributed by atoms with Crippen LogP contribution in [0.1, 0.15) is 22.8 Å². The number of aromatic nitrogens is 3. The molecule has 1 atom stereocenters. The van der Waals surface area contributed by atoms with Gasteiger partial charge in [-0.2, -0.15) is 0 Å². The van der Waals surface area contributed by atoms with Gasteiger partial charge in [-0.1, -0.05) is 30.0 Å². The van der Waals surface area contributed by atoms with Gasteiger partial charge >= 0.3 is 5.69 Å². The number of rotatable bonds is 4. The average molecular weight is 384 g/mol. The normalized spacial score (nSPS) is 12.3. The second kappa shape index (κ2) is 7.03. The number of aryl methyl sites for hydroxylation is 1. The minimum Gasteiger partial charge on any atom is -0.384 e. The molecule has 0 fully saturated rings. The molecule has 0 aliphatic carbocycles. The summed E-state index contributed by atoms with van der Waals surface area (Å²) in [6, 6.07) is 9.69. The molecule has 3 aromatic rings. The van der Waals surface area contributed by atoms with Crippen LogP contribution in [0.25, 0.3) is 10.9 Å². The van der Waals surface area contributed by atoms with Crippen LogP contribution in [-0.2, 0) is 14.1 Å². The molecule has 1 aromatic carbocycles. The minimum absolute atomic E-state index is 0.122. The number of nitrogen functional groups attached to an aromatic ring is 1. The SMILES string of the molecule is Cc1cc(SC(C)C(=O)c2c(N)n(C)c(=O)n(C)c2=O)nc2ccccc12. The van der Waals surface area contributed by atoms with Crippen molar-refractivity contribution in [3.8, 4) is 0 Å². The molecule has 2 N–H and O–H groups in total. The molecule has 27 heavy (non-hydrogen) atoms. The molecule has 0 saturated heterocycles. The third-order valence-corrected chi connectivity index (χ3v) is 5.54. The van der Waals surface area contributed by atoms with Crippen LogP contribution in [-0.4, -0.2) is 25.2 Å². The molecular formula is C19H20N4O3S. The summed E-state index contributed by atoms with van der Waals surface area (Å²) < 4.78 is 1.99. The molecule has 2 aromatic heterocycles. The zero-order chi connectivity index (χ0) is 19.9. The van der Waals surface area contributed by atoms with Crippen molar-refractivity contribution in [1.29, 1.82) is 0 Å². The van der Waals surface area contributed by atoms with Crippen LogP contribution in [0, 0.1) is 6.92 Å². The fourth-order valence-corrected chi connectivity index (χ4v) is 3.89. The van der Waals surface area contributed by atoms with Gasteiger partial charge in [0.2, 0.25) is 0 Å². The predicted molar refractivity (Wildman–Crippen MR) is 107 cm³/mol. The van der Waals surface area contributed by atoms with Crippen LogP contribution >= 0.6 is 11.8 Å². The van der Waals surface area contributed by atoms with Gasteiger partial charge in [-0.15, -0.1) is 0 Å². The highest BCUT2D eigenvalue weighted by Gasteiger charge is 2.25. The number of hydrogen-bond donors (Lipinski definition) is 1. The highest BCUT2D eigenvalue weighted by Crippen LogP contribution is 2.28. The van der Waals surface area contributed by atoms with Crippen molar-refractivity contribution in [1.82, 2.24) is 14.1 Å². The van der Waals surface area contributed by atoms with E-state index < -0.39 is 22.3 Å². The molecule has 2 heterocycles. The maximum Gasteiger partial charge on any atom is 0.332 e. The van der Waals surface area contributed by atoms with Crippen molar-refractivity contribution >= 4 is 34.3 Å². The first-order valence-corrected chi connectivity index (χ1v) is 9.23. The van der Waals surface area contributed by atoms with E-state index in [1.54, 1.807) is 6.92 Å². The number of nitrogens with zero attached hydrogens (tertiary/aromatic N) is 3. The molecule has 0 bridgehead atoms. The molecule has 8 heteroatoms. The smallest absolute Gasteiger partial charge is 0.332 e. The van der Waals surface area contributed by atoms with E-state index >= 15 is 0 Å². The standard InChI is InChI=1S/C19H20N4O3S/c1-10-9-14(21-13-8-6-5-7-12(10)13)27-11(2)16(24)15-17(20)22(3)19(26)23(4)18(15)25/h5-9,11H,20H2,1-4H3. The van der Waals surface area contributed by atoms with E-state index in [1.165, 1.54) is 25.9 Å². The molecule has 1 unspecified atom stereocenters. The lowest BCUT2D eigenvalue weighted by atomic mass is 10.1. The number of Topliss-reactive ketones (excluding diaryl/α,β-unsaturated/α-hetero) is 1. The molecular weight excluding hydrogens is 364 g/mol. The van der Waals surface area contributed by atoms with Crippen molar-refractivity contribution in [2.75, 3.05) is 5.73 Å². The summed E-state index contributed by atoms with van der Waals surface area (Å²) in [6.07, 6.45) is 0. The summed E-state index contributed by atoms with van der Waals surface area (Å²) in [5.74, 6) is -0.551. The first kappa shape index (κ1) is 18.9. The van der Waals surface area contributed by atoms with E-state index in [-0.39, 0.29) is 11.4 Å². The lowest BCUT2D eigenvalue weighted by Gasteiger charge is -2.14. The molecule has 3 rings (SSSR count). The van der Waals surface area contributed by atoms with Gasteiger partial charge in [0.15, 0.2) is 5.78 Å². The van der Waals surface area contributed by atoms with Crippen LogP contribution in [0.2, 0.25) is 0 Å². The van der Waals surface area contributed by atoms with Gasteiger partial charge in [0.1, 0.15) is 11.4 Å². The van der Waals surface area contributed by atoms with Crippen molar-refractivity contribution < 1.29 is 4.79 Å². The van der Waals surface area contributed by atoms with Crippen molar-refractivity contribution in [2.24, 2.45) is 14.1 Å². The van der Waals surface area contributed by atoms with Gasteiger partial charge in [0.05, 0.1) is 15.8 Å². The van der Waals surface area contributed by atoms with Gasteiger partial charge in [-0.3, -0.25) is 18.7 Å². The first-order chi connectivity index (χ1) is 12.7. The van der Waals surface area contributed by atoms with E-state index in [0.29, 0.717) is 5.03 Å². The maximum absolute atomic E-state index is 12.9. The number of fused-ring (bicyclic) bond motifs is 1. The summed E-state index contributed by atoms with van der Waals surface area (Å²) in [7, 11) is 2.76. The van der Waals surface area contributed by atoms with Crippen LogP contribution in [0.3, 0.4) is 0 Å². The second-order valence-electron chi connectivity index (χ2n) is 6.38. The minimum atomic E-state index is -0.685. The molecule has 140 valence electrons. The fraction of sp³-hybridized carbons (Fsp3) is 0.263. The molecule has 7 nitrogen and oxygen atoms in total. The molecule has 0 amide bonds. The van der Waals surface area contributed by atoms with Gasteiger partial charge in [0, 0.05) is 19.5 Å². The highest BCUT2D eigenvalue weighted by molar-refractivity contribution is 8.00. The summed E-state index contributed by atoms with van der Waals surface area (Å²) >= 11 is 1.26. The van der Waals surface area contributed by atoms with Crippen LogP contribution in [0.4, 0.5) is 5.82 Å². The van der Waals surface area contributed by atoms with Crippen molar-refractivity contribution in [3.05, 3.63) is 62.3 Å². The van der Waals surface area contributed by atoms with Gasteiger partial charge in [-0.05, 0) is 31.5 Å². The number of benzene rings is 1. The highest BCUT2D eigenvalue weighted by atomic mass is 32.2. The average Bonchev–Trinajstić information content (AvgIpc) is 2.65. The maximum atomic E-state index is 12.9. The fourth-order valence-electron chi connectivity index (χ4n) is 2.91. The molecule has 0 aliphatic rings. The third kappa shape index (κ3) is 3.28. The quantitative estimate of drug-likeness (QED) is 0.545. The Morgan fingerprint density at radius 1 is 1.19 bits per heavy atom. The van der Waals surface area contributed by atoms with E-state index in [9.17, 15) is 14.4 Å². The Balaban J connectivity index is 1.98. The Kier molecular flexibility index (Phi) is 4.93. The number of para-hydroxylation sites is 1. The molecule has 0 spiro atoms. The first-order valence-electron chi connectivity index (χ1n) is 8.35. The summed E-state index contributed by atoms with van der Waals surface area (Å²) in [5.41, 5.74) is 6.37. The van der Waals surface area contributed by atoms with Crippen LogP contribution in [0.5, 0.6) is 0 Å².